The average Bonchev–Trinajstić information content (AvgIpc) is 3.39. The predicted molar refractivity (Wildman–Crippen MR) is 133 cm³/mol. The Morgan fingerprint density at radius 2 is 2.03 bits per heavy atom. The molecule has 2 bridgehead atoms. The molecular formula is C25H23N9O2. The zero-order chi connectivity index (χ0) is 24.1. The molecule has 0 amide bonds. The number of piperidine rings is 1. The van der Waals surface area contributed by atoms with Gasteiger partial charge in [-0.2, -0.15) is 5.10 Å². The zero-order valence-electron chi connectivity index (χ0n) is 19.6. The van der Waals surface area contributed by atoms with E-state index in [1.807, 2.05) is 43.5 Å². The van der Waals surface area contributed by atoms with Crippen LogP contribution in [0.2, 0.25) is 0 Å². The minimum Gasteiger partial charge on any atom is -0.457 e. The smallest absolute Gasteiger partial charge is 0.226 e. The SMILES string of the molecule is Cc1cc(Nc2ncnc3cnc(N4C[C@H]5CC[C@@H]4CO5)nc23)ccc1Oc1ccn2ncnc2c1. The minimum absolute atomic E-state index is 0.251. The van der Waals surface area contributed by atoms with Crippen molar-refractivity contribution in [2.24, 2.45) is 0 Å². The van der Waals surface area contributed by atoms with Crippen LogP contribution in [0, 0.1) is 6.92 Å². The molecule has 36 heavy (non-hydrogen) atoms. The average molecular weight is 482 g/mol. The number of morpholine rings is 1. The third kappa shape index (κ3) is 3.73. The Morgan fingerprint density at radius 1 is 1.06 bits per heavy atom. The summed E-state index contributed by atoms with van der Waals surface area (Å²) in [6.07, 6.45) is 9.07. The lowest BCUT2D eigenvalue weighted by molar-refractivity contribution is -0.0231. The zero-order valence-corrected chi connectivity index (χ0v) is 19.6. The highest BCUT2D eigenvalue weighted by atomic mass is 16.5. The molecule has 0 radical (unpaired) electrons. The van der Waals surface area contributed by atoms with Crippen molar-refractivity contribution in [2.75, 3.05) is 23.4 Å². The van der Waals surface area contributed by atoms with Gasteiger partial charge in [-0.3, -0.25) is 0 Å². The Balaban J connectivity index is 1.15. The summed E-state index contributed by atoms with van der Waals surface area (Å²) in [5.41, 5.74) is 3.95. The van der Waals surface area contributed by atoms with Crippen LogP contribution >= 0.6 is 0 Å². The van der Waals surface area contributed by atoms with E-state index in [0.29, 0.717) is 34.6 Å². The number of hydrogen-bond acceptors (Lipinski definition) is 10. The molecule has 0 aliphatic carbocycles. The molecule has 3 aliphatic rings. The van der Waals surface area contributed by atoms with E-state index in [0.717, 1.165) is 48.6 Å². The van der Waals surface area contributed by atoms with Gasteiger partial charge in [0.1, 0.15) is 35.2 Å². The number of rotatable bonds is 5. The number of ether oxygens (including phenoxy) is 2. The van der Waals surface area contributed by atoms with Crippen LogP contribution in [0.25, 0.3) is 16.7 Å². The van der Waals surface area contributed by atoms with Gasteiger partial charge in [0.15, 0.2) is 11.5 Å². The first-order valence-electron chi connectivity index (χ1n) is 11.9. The number of anilines is 3. The van der Waals surface area contributed by atoms with Gasteiger partial charge in [0, 0.05) is 24.5 Å². The van der Waals surface area contributed by atoms with Crippen LogP contribution in [0.4, 0.5) is 17.5 Å². The summed E-state index contributed by atoms with van der Waals surface area (Å²) in [6.45, 7) is 3.54. The van der Waals surface area contributed by atoms with E-state index >= 15 is 0 Å². The van der Waals surface area contributed by atoms with E-state index in [2.05, 4.69) is 35.3 Å². The summed E-state index contributed by atoms with van der Waals surface area (Å²) in [6, 6.07) is 9.92. The van der Waals surface area contributed by atoms with Crippen LogP contribution in [0.1, 0.15) is 18.4 Å². The highest BCUT2D eigenvalue weighted by Gasteiger charge is 2.36. The van der Waals surface area contributed by atoms with E-state index < -0.39 is 0 Å². The lowest BCUT2D eigenvalue weighted by atomic mass is 9.97. The van der Waals surface area contributed by atoms with Gasteiger partial charge in [-0.1, -0.05) is 0 Å². The summed E-state index contributed by atoms with van der Waals surface area (Å²) >= 11 is 0. The first-order valence-corrected chi connectivity index (χ1v) is 11.9. The van der Waals surface area contributed by atoms with E-state index in [-0.39, 0.29) is 6.10 Å². The molecule has 0 saturated carbocycles. The molecule has 3 saturated heterocycles. The molecule has 3 aliphatic heterocycles. The number of benzene rings is 1. The van der Waals surface area contributed by atoms with Crippen LogP contribution in [0.5, 0.6) is 11.5 Å². The largest absolute Gasteiger partial charge is 0.457 e. The molecule has 180 valence electrons. The van der Waals surface area contributed by atoms with Gasteiger partial charge in [0.05, 0.1) is 24.9 Å². The maximum absolute atomic E-state index is 6.10. The van der Waals surface area contributed by atoms with Crippen molar-refractivity contribution in [2.45, 2.75) is 31.9 Å². The summed E-state index contributed by atoms with van der Waals surface area (Å²) in [5.74, 6) is 2.78. The Hall–Kier alpha value is -4.38. The van der Waals surface area contributed by atoms with Crippen LogP contribution in [-0.2, 0) is 4.74 Å². The van der Waals surface area contributed by atoms with Crippen molar-refractivity contribution < 1.29 is 9.47 Å². The van der Waals surface area contributed by atoms with E-state index in [1.54, 1.807) is 10.7 Å². The molecule has 11 nitrogen and oxygen atoms in total. The first-order chi connectivity index (χ1) is 17.7. The van der Waals surface area contributed by atoms with Gasteiger partial charge in [0.2, 0.25) is 5.95 Å². The van der Waals surface area contributed by atoms with Crippen molar-refractivity contribution in [3.8, 4) is 11.5 Å². The molecule has 0 spiro atoms. The van der Waals surface area contributed by atoms with Gasteiger partial charge in [-0.15, -0.1) is 0 Å². The summed E-state index contributed by atoms with van der Waals surface area (Å²) in [7, 11) is 0. The molecular weight excluding hydrogens is 458 g/mol. The highest BCUT2D eigenvalue weighted by molar-refractivity contribution is 5.87. The van der Waals surface area contributed by atoms with Crippen molar-refractivity contribution in [1.29, 1.82) is 0 Å². The molecule has 0 unspecified atom stereocenters. The summed E-state index contributed by atoms with van der Waals surface area (Å²) in [4.78, 5) is 24.8. The highest BCUT2D eigenvalue weighted by Crippen LogP contribution is 2.32. The standard InChI is InChI=1S/C25H23N9O2/c1-15-8-16(2-5-21(15)36-18-6-7-34-22(9-18)28-14-30-34)31-24-23-20(27-13-29-24)10-26-25(32-23)33-11-19-4-3-17(33)12-35-19/h2,5-10,13-14,17,19H,3-4,11-12H2,1H3,(H,27,29,31)/t17-,19-/m1/s1. The molecule has 8 rings (SSSR count). The number of aromatic nitrogens is 7. The van der Waals surface area contributed by atoms with Crippen LogP contribution < -0.4 is 15.0 Å². The summed E-state index contributed by atoms with van der Waals surface area (Å²) in [5, 5.41) is 7.52. The Labute approximate surface area is 206 Å². The van der Waals surface area contributed by atoms with E-state index in [9.17, 15) is 0 Å². The number of nitrogens with one attached hydrogen (secondary N) is 1. The van der Waals surface area contributed by atoms with E-state index in [1.165, 1.54) is 12.7 Å². The topological polar surface area (TPSA) is 115 Å². The number of nitrogens with zero attached hydrogens (tertiary/aromatic N) is 8. The van der Waals surface area contributed by atoms with Gasteiger partial charge in [-0.05, 0) is 49.6 Å². The second kappa shape index (κ2) is 8.38. The Kier molecular flexibility index (Phi) is 4.88. The van der Waals surface area contributed by atoms with Crippen molar-refractivity contribution >= 4 is 34.1 Å². The quantitative estimate of drug-likeness (QED) is 0.399. The van der Waals surface area contributed by atoms with Crippen LogP contribution in [-0.4, -0.2) is 59.8 Å². The minimum atomic E-state index is 0.251. The second-order valence-corrected chi connectivity index (χ2v) is 9.10. The third-order valence-corrected chi connectivity index (χ3v) is 6.73. The molecule has 1 N–H and O–H groups in total. The fraction of sp³-hybridized carbons (Fsp3) is 0.280. The predicted octanol–water partition coefficient (Wildman–Crippen LogP) is 3.67. The fourth-order valence-electron chi connectivity index (χ4n) is 4.84. The molecule has 2 atom stereocenters. The maximum atomic E-state index is 6.10. The third-order valence-electron chi connectivity index (χ3n) is 6.73. The van der Waals surface area contributed by atoms with Gasteiger partial charge >= 0.3 is 0 Å². The van der Waals surface area contributed by atoms with Crippen molar-refractivity contribution in [3.05, 3.63) is 60.9 Å². The van der Waals surface area contributed by atoms with E-state index in [4.69, 9.17) is 14.5 Å². The van der Waals surface area contributed by atoms with Crippen LogP contribution in [0.3, 0.4) is 0 Å². The molecule has 7 heterocycles. The molecule has 4 aromatic heterocycles. The molecule has 3 fully saturated rings. The first kappa shape index (κ1) is 20.9. The van der Waals surface area contributed by atoms with Crippen LogP contribution in [0.15, 0.2) is 55.4 Å². The van der Waals surface area contributed by atoms with Gasteiger partial charge in [-0.25, -0.2) is 29.4 Å². The fourth-order valence-corrected chi connectivity index (χ4v) is 4.84. The number of aryl methyl sites for hydroxylation is 1. The second-order valence-electron chi connectivity index (χ2n) is 9.10. The lowest BCUT2D eigenvalue weighted by Crippen LogP contribution is -2.55. The molecule has 1 aromatic carbocycles. The lowest BCUT2D eigenvalue weighted by Gasteiger charge is -2.45. The monoisotopic (exact) mass is 481 g/mol. The van der Waals surface area contributed by atoms with Gasteiger partial charge in [0.25, 0.3) is 0 Å². The Morgan fingerprint density at radius 3 is 2.86 bits per heavy atom. The van der Waals surface area contributed by atoms with Crippen molar-refractivity contribution in [3.63, 3.8) is 0 Å². The number of hydrogen-bond donors (Lipinski definition) is 1. The summed E-state index contributed by atoms with van der Waals surface area (Å²) < 4.78 is 13.6. The molecule has 5 aromatic rings. The number of pyridine rings is 1. The van der Waals surface area contributed by atoms with Crippen molar-refractivity contribution in [1.82, 2.24) is 34.5 Å². The Bertz CT molecular complexity index is 1580. The molecule has 11 heteroatoms. The normalized spacial score (nSPS) is 19.2. The van der Waals surface area contributed by atoms with Gasteiger partial charge < -0.3 is 19.7 Å². The maximum Gasteiger partial charge on any atom is 0.226 e. The number of fused-ring (bicyclic) bond motifs is 5.